The second kappa shape index (κ2) is 7.77. The number of fused-ring (bicyclic) bond motifs is 1. The van der Waals surface area contributed by atoms with Crippen LogP contribution in [0.2, 0.25) is 0 Å². The Morgan fingerprint density at radius 1 is 1.33 bits per heavy atom. The molecule has 2 rings (SSSR count). The molecule has 1 aliphatic rings. The Labute approximate surface area is 121 Å². The number of nitrogens with zero attached hydrogens (tertiary/aromatic N) is 3. The van der Waals surface area contributed by atoms with Crippen molar-refractivity contribution in [3.8, 4) is 0 Å². The van der Waals surface area contributed by atoms with E-state index >= 15 is 0 Å². The van der Waals surface area contributed by atoms with Crippen LogP contribution in [-0.2, 0) is 12.8 Å². The van der Waals surface area contributed by atoms with Gasteiger partial charge in [0.1, 0.15) is 0 Å². The minimum absolute atomic E-state index is 0. The van der Waals surface area contributed by atoms with Gasteiger partial charge in [0.15, 0.2) is 0 Å². The summed E-state index contributed by atoms with van der Waals surface area (Å²) in [5.74, 6) is 0.860. The highest BCUT2D eigenvalue weighted by Gasteiger charge is 2.18. The summed E-state index contributed by atoms with van der Waals surface area (Å²) in [4.78, 5) is 11.3. The Morgan fingerprint density at radius 2 is 2.00 bits per heavy atom. The maximum Gasteiger partial charge on any atom is 0.225 e. The SMILES string of the molecule is CCN(CC)c1ncc2c(n1)CCC(N)C2.Cl.Cl. The van der Waals surface area contributed by atoms with Crippen LogP contribution < -0.4 is 10.6 Å². The van der Waals surface area contributed by atoms with Crippen LogP contribution in [0.1, 0.15) is 31.5 Å². The summed E-state index contributed by atoms with van der Waals surface area (Å²) < 4.78 is 0. The van der Waals surface area contributed by atoms with Crippen LogP contribution in [0.3, 0.4) is 0 Å². The number of hydrogen-bond acceptors (Lipinski definition) is 4. The number of aromatic nitrogens is 2. The molecule has 1 aromatic heterocycles. The molecule has 0 bridgehead atoms. The van der Waals surface area contributed by atoms with Gasteiger partial charge < -0.3 is 10.6 Å². The first-order valence-corrected chi connectivity index (χ1v) is 6.09. The third-order valence-corrected chi connectivity index (χ3v) is 3.22. The summed E-state index contributed by atoms with van der Waals surface area (Å²) >= 11 is 0. The van der Waals surface area contributed by atoms with Crippen LogP contribution in [0.15, 0.2) is 6.20 Å². The lowest BCUT2D eigenvalue weighted by molar-refractivity contribution is 0.562. The predicted octanol–water partition coefficient (Wildman–Crippen LogP) is 1.98. The van der Waals surface area contributed by atoms with Crippen LogP contribution in [0.25, 0.3) is 0 Å². The minimum Gasteiger partial charge on any atom is -0.341 e. The molecule has 1 aromatic rings. The third kappa shape index (κ3) is 3.70. The second-order valence-electron chi connectivity index (χ2n) is 4.32. The predicted molar refractivity (Wildman–Crippen MR) is 80.1 cm³/mol. The highest BCUT2D eigenvalue weighted by molar-refractivity contribution is 5.85. The smallest absolute Gasteiger partial charge is 0.225 e. The number of aryl methyl sites for hydroxylation is 1. The summed E-state index contributed by atoms with van der Waals surface area (Å²) in [6.07, 6.45) is 4.91. The second-order valence-corrected chi connectivity index (χ2v) is 4.32. The molecule has 6 heteroatoms. The molecule has 0 aliphatic heterocycles. The molecule has 104 valence electrons. The van der Waals surface area contributed by atoms with E-state index in [9.17, 15) is 0 Å². The highest BCUT2D eigenvalue weighted by Crippen LogP contribution is 2.20. The van der Waals surface area contributed by atoms with Crippen LogP contribution >= 0.6 is 24.8 Å². The van der Waals surface area contributed by atoms with Crippen LogP contribution in [0, 0.1) is 0 Å². The molecule has 0 aromatic carbocycles. The molecule has 0 radical (unpaired) electrons. The lowest BCUT2D eigenvalue weighted by Gasteiger charge is -2.23. The molecule has 18 heavy (non-hydrogen) atoms. The van der Waals surface area contributed by atoms with Crippen molar-refractivity contribution in [2.75, 3.05) is 18.0 Å². The number of anilines is 1. The molecule has 0 saturated heterocycles. The Bertz CT molecular complexity index is 369. The van der Waals surface area contributed by atoms with Crippen molar-refractivity contribution in [3.05, 3.63) is 17.5 Å². The van der Waals surface area contributed by atoms with Crippen molar-refractivity contribution in [1.82, 2.24) is 9.97 Å². The lowest BCUT2D eigenvalue weighted by atomic mass is 9.94. The molecule has 2 N–H and O–H groups in total. The maximum absolute atomic E-state index is 5.93. The zero-order chi connectivity index (χ0) is 11.5. The number of nitrogens with two attached hydrogens (primary N) is 1. The van der Waals surface area contributed by atoms with Gasteiger partial charge >= 0.3 is 0 Å². The van der Waals surface area contributed by atoms with E-state index in [0.717, 1.165) is 38.3 Å². The topological polar surface area (TPSA) is 55.0 Å². The van der Waals surface area contributed by atoms with Gasteiger partial charge in [0.05, 0.1) is 0 Å². The van der Waals surface area contributed by atoms with E-state index in [1.165, 1.54) is 11.3 Å². The summed E-state index contributed by atoms with van der Waals surface area (Å²) in [7, 11) is 0. The van der Waals surface area contributed by atoms with Crippen molar-refractivity contribution < 1.29 is 0 Å². The van der Waals surface area contributed by atoms with Crippen LogP contribution in [0.5, 0.6) is 0 Å². The van der Waals surface area contributed by atoms with Crippen molar-refractivity contribution in [3.63, 3.8) is 0 Å². The normalized spacial score (nSPS) is 17.2. The van der Waals surface area contributed by atoms with Gasteiger partial charge in [-0.05, 0) is 38.7 Å². The van der Waals surface area contributed by atoms with Gasteiger partial charge in [-0.15, -0.1) is 24.8 Å². The quantitative estimate of drug-likeness (QED) is 0.926. The van der Waals surface area contributed by atoms with E-state index in [1.807, 2.05) is 6.20 Å². The highest BCUT2D eigenvalue weighted by atomic mass is 35.5. The van der Waals surface area contributed by atoms with Crippen molar-refractivity contribution in [1.29, 1.82) is 0 Å². The third-order valence-electron chi connectivity index (χ3n) is 3.22. The van der Waals surface area contributed by atoms with Crippen molar-refractivity contribution in [2.24, 2.45) is 5.73 Å². The monoisotopic (exact) mass is 292 g/mol. The average Bonchev–Trinajstić information content (AvgIpc) is 2.31. The average molecular weight is 293 g/mol. The molecule has 1 atom stereocenters. The first-order chi connectivity index (χ1) is 7.74. The molecule has 1 unspecified atom stereocenters. The van der Waals surface area contributed by atoms with Gasteiger partial charge in [-0.25, -0.2) is 9.97 Å². The van der Waals surface area contributed by atoms with Gasteiger partial charge in [0.2, 0.25) is 5.95 Å². The largest absolute Gasteiger partial charge is 0.341 e. The van der Waals surface area contributed by atoms with E-state index in [1.54, 1.807) is 0 Å². The first kappa shape index (κ1) is 17.4. The lowest BCUT2D eigenvalue weighted by Crippen LogP contribution is -2.30. The zero-order valence-corrected chi connectivity index (χ0v) is 12.6. The molecule has 0 amide bonds. The fourth-order valence-corrected chi connectivity index (χ4v) is 2.18. The summed E-state index contributed by atoms with van der Waals surface area (Å²) in [6, 6.07) is 0.287. The number of hydrogen-bond donors (Lipinski definition) is 1. The standard InChI is InChI=1S/C12H20N4.2ClH/c1-3-16(4-2)12-14-8-9-7-10(13)5-6-11(9)15-12;;/h8,10H,3-7,13H2,1-2H3;2*1H. The fourth-order valence-electron chi connectivity index (χ4n) is 2.18. The zero-order valence-electron chi connectivity index (χ0n) is 10.9. The number of halogens is 2. The fraction of sp³-hybridized carbons (Fsp3) is 0.667. The van der Waals surface area contributed by atoms with E-state index < -0.39 is 0 Å². The molecular weight excluding hydrogens is 271 g/mol. The molecule has 0 spiro atoms. The van der Waals surface area contributed by atoms with Gasteiger partial charge in [-0.3, -0.25) is 0 Å². The maximum atomic E-state index is 5.93. The Morgan fingerprint density at radius 3 is 2.61 bits per heavy atom. The van der Waals surface area contributed by atoms with Gasteiger partial charge in [-0.2, -0.15) is 0 Å². The molecule has 1 heterocycles. The summed E-state index contributed by atoms with van der Waals surface area (Å²) in [5, 5.41) is 0. The molecule has 0 saturated carbocycles. The Hall–Kier alpha value is -0.580. The first-order valence-electron chi connectivity index (χ1n) is 6.09. The van der Waals surface area contributed by atoms with E-state index in [2.05, 4.69) is 28.7 Å². The molecule has 4 nitrogen and oxygen atoms in total. The van der Waals surface area contributed by atoms with Crippen molar-refractivity contribution >= 4 is 30.8 Å². The van der Waals surface area contributed by atoms with Gasteiger partial charge in [0, 0.05) is 31.0 Å². The Kier molecular flexibility index (Phi) is 7.52. The summed E-state index contributed by atoms with van der Waals surface area (Å²) in [6.45, 7) is 6.16. The molecular formula is C12H22Cl2N4. The molecule has 0 fully saturated rings. The van der Waals surface area contributed by atoms with Crippen molar-refractivity contribution in [2.45, 2.75) is 39.2 Å². The van der Waals surface area contributed by atoms with E-state index in [0.29, 0.717) is 0 Å². The van der Waals surface area contributed by atoms with Gasteiger partial charge in [0.25, 0.3) is 0 Å². The minimum atomic E-state index is 0. The van der Waals surface area contributed by atoms with E-state index in [-0.39, 0.29) is 30.9 Å². The van der Waals surface area contributed by atoms with Crippen LogP contribution in [-0.4, -0.2) is 29.1 Å². The van der Waals surface area contributed by atoms with Crippen LogP contribution in [0.4, 0.5) is 5.95 Å². The Balaban J connectivity index is 0.00000144. The van der Waals surface area contributed by atoms with Gasteiger partial charge in [-0.1, -0.05) is 0 Å². The van der Waals surface area contributed by atoms with E-state index in [4.69, 9.17) is 5.73 Å². The summed E-state index contributed by atoms with van der Waals surface area (Å²) in [5.41, 5.74) is 8.36. The number of rotatable bonds is 3. The molecule has 1 aliphatic carbocycles.